The maximum absolute atomic E-state index is 9.51. The van der Waals surface area contributed by atoms with E-state index in [9.17, 15) is 6.85 Å². The van der Waals surface area contributed by atoms with E-state index in [0.29, 0.717) is 39.5 Å². The number of rotatable bonds is 7. The molecule has 0 bridgehead atoms. The summed E-state index contributed by atoms with van der Waals surface area (Å²) >= 11 is 0. The van der Waals surface area contributed by atoms with Crippen LogP contribution in [-0.4, -0.2) is 18.3 Å². The zero-order valence-electron chi connectivity index (χ0n) is 70.3. The summed E-state index contributed by atoms with van der Waals surface area (Å²) in [7, 11) is 0. The van der Waals surface area contributed by atoms with Gasteiger partial charge in [-0.15, -0.1) is 0 Å². The topological polar surface area (TPSA) is 19.7 Å². The Morgan fingerprint density at radius 3 is 1.31 bits per heavy atom. The molecule has 0 spiro atoms. The maximum Gasteiger partial charge on any atom is 0.0645 e. The lowest BCUT2D eigenvalue weighted by Gasteiger charge is -2.13. The average molecular weight is 1310 g/mol. The van der Waals surface area contributed by atoms with Crippen molar-refractivity contribution in [1.82, 2.24) is 18.3 Å². The third-order valence-corrected chi connectivity index (χ3v) is 20.4. The maximum atomic E-state index is 9.51. The monoisotopic (exact) mass is 1310 g/mol. The van der Waals surface area contributed by atoms with E-state index in [0.717, 1.165) is 93.0 Å². The highest BCUT2D eigenvalue weighted by atomic mass is 15.0. The molecule has 4 heterocycles. The van der Waals surface area contributed by atoms with Crippen molar-refractivity contribution in [3.63, 3.8) is 0 Å². The van der Waals surface area contributed by atoms with Gasteiger partial charge in [0.25, 0.3) is 0 Å². The van der Waals surface area contributed by atoms with Crippen LogP contribution >= 0.6 is 0 Å². The van der Waals surface area contributed by atoms with Crippen molar-refractivity contribution in [2.45, 2.75) is 0 Å². The lowest BCUT2D eigenvalue weighted by molar-refractivity contribution is 1.16. The molecule has 0 radical (unpaired) electrons. The van der Waals surface area contributed by atoms with Gasteiger partial charge in [0.1, 0.15) is 0 Å². The Kier molecular flexibility index (Phi) is 9.87. The Labute approximate surface area is 610 Å². The predicted octanol–water partition coefficient (Wildman–Crippen LogP) is 26.5. The zero-order chi connectivity index (χ0) is 80.9. The van der Waals surface area contributed by atoms with Crippen LogP contribution in [0.4, 0.5) is 0 Å². The van der Waals surface area contributed by atoms with E-state index >= 15 is 0 Å². The van der Waals surface area contributed by atoms with E-state index in [1.165, 1.54) is 55.6 Å². The first-order valence-electron chi connectivity index (χ1n) is 41.9. The van der Waals surface area contributed by atoms with Gasteiger partial charge >= 0.3 is 0 Å². The number of hydrogen-bond acceptors (Lipinski definition) is 0. The van der Waals surface area contributed by atoms with E-state index in [1.807, 2.05) is 108 Å². The van der Waals surface area contributed by atoms with Crippen molar-refractivity contribution in [2.24, 2.45) is 0 Å². The molecule has 0 aliphatic heterocycles. The molecule has 474 valence electrons. The van der Waals surface area contributed by atoms with Gasteiger partial charge in [0.15, 0.2) is 0 Å². The van der Waals surface area contributed by atoms with Gasteiger partial charge in [0.2, 0.25) is 0 Å². The van der Waals surface area contributed by atoms with Crippen LogP contribution in [-0.2, 0) is 0 Å². The predicted molar refractivity (Wildman–Crippen MR) is 434 cm³/mol. The molecule has 4 nitrogen and oxygen atoms in total. The quantitative estimate of drug-likeness (QED) is 0.152. The fraction of sp³-hybridized carbons (Fsp3) is 0. The summed E-state index contributed by atoms with van der Waals surface area (Å²) in [6.45, 7) is 0. The Balaban J connectivity index is 0.000000147. The van der Waals surface area contributed by atoms with Crippen LogP contribution in [0.15, 0.2) is 376 Å². The third kappa shape index (κ3) is 8.96. The molecule has 0 amide bonds. The number of fused-ring (bicyclic) bond motifs is 19. The third-order valence-electron chi connectivity index (χ3n) is 20.4. The van der Waals surface area contributed by atoms with Gasteiger partial charge in [-0.1, -0.05) is 279 Å². The second-order valence-corrected chi connectivity index (χ2v) is 25.8. The van der Waals surface area contributed by atoms with Gasteiger partial charge in [-0.2, -0.15) is 0 Å². The summed E-state index contributed by atoms with van der Waals surface area (Å²) in [5.74, 6) is 0. The zero-order valence-corrected chi connectivity index (χ0v) is 54.3. The highest BCUT2D eigenvalue weighted by molar-refractivity contribution is 6.27. The molecular weight excluding hydrogens is 1230 g/mol. The molecule has 22 aromatic rings. The summed E-state index contributed by atoms with van der Waals surface area (Å²) in [6.07, 6.45) is 0. The minimum absolute atomic E-state index is 0.0229. The molecule has 0 aliphatic carbocycles. The Morgan fingerprint density at radius 2 is 0.667 bits per heavy atom. The lowest BCUT2D eigenvalue weighted by atomic mass is 9.98. The van der Waals surface area contributed by atoms with E-state index in [4.69, 9.17) is 15.1 Å². The molecule has 0 aliphatic rings. The summed E-state index contributed by atoms with van der Waals surface area (Å²) in [4.78, 5) is 0. The fourth-order valence-electron chi connectivity index (χ4n) is 15.9. The molecule has 4 aromatic heterocycles. The van der Waals surface area contributed by atoms with Crippen molar-refractivity contribution in [3.8, 4) is 56.1 Å². The first-order valence-corrected chi connectivity index (χ1v) is 33.9. The van der Waals surface area contributed by atoms with Crippen LogP contribution in [0.5, 0.6) is 0 Å². The molecule has 102 heavy (non-hydrogen) atoms. The second-order valence-electron chi connectivity index (χ2n) is 25.8. The van der Waals surface area contributed by atoms with Crippen LogP contribution in [0.2, 0.25) is 0 Å². The van der Waals surface area contributed by atoms with Crippen LogP contribution < -0.4 is 0 Å². The van der Waals surface area contributed by atoms with Crippen LogP contribution in [0.3, 0.4) is 0 Å². The summed E-state index contributed by atoms with van der Waals surface area (Å²) in [6, 6.07) is 88.4. The lowest BCUT2D eigenvalue weighted by Crippen LogP contribution is -1.96. The number of hydrogen-bond donors (Lipinski definition) is 0. The van der Waals surface area contributed by atoms with Crippen LogP contribution in [0, 0.1) is 0 Å². The van der Waals surface area contributed by atoms with E-state index in [-0.39, 0.29) is 40.3 Å². The fourth-order valence-corrected chi connectivity index (χ4v) is 15.9. The first kappa shape index (κ1) is 43.7. The number of para-hydroxylation sites is 3. The molecular formula is C98H62N4. The van der Waals surface area contributed by atoms with Crippen molar-refractivity contribution in [3.05, 3.63) is 376 Å². The van der Waals surface area contributed by atoms with E-state index in [1.54, 1.807) is 16.7 Å². The standard InChI is InChI=1S/C54H34N2.C44H28N2/c1-4-19-42-35(12-1)15-10-23-44(42)38-26-29-40(30-27-38)55-50-25-8-7-22-47(50)48-33-49-53(34-52(48)55)56(51-31-28-37-14-3-6-21-46(37)54(49)51)41-18-9-17-39(32-41)45-24-11-16-36-13-2-5-20-43(36)45;1-2-14-32(15-3-1)46-41-26-23-30-12-5-7-17-36(30)44(41)39-27-38-37-18-8-9-20-40(37)45(42(38)28-43(39)46)33-24-21-31(22-25-33)35-19-10-13-29-11-4-6-16-34(29)35/h1-34H;1-28H/i23D,26D;1D,4D,6D,10D,11D,13D,14D,15D,16D,19D,21D,22D,24D,25D. The van der Waals surface area contributed by atoms with Gasteiger partial charge in [-0.25, -0.2) is 0 Å². The van der Waals surface area contributed by atoms with Gasteiger partial charge in [0.05, 0.1) is 66.1 Å². The van der Waals surface area contributed by atoms with Crippen LogP contribution in [0.25, 0.3) is 197 Å². The molecule has 0 saturated heterocycles. The minimum Gasteiger partial charge on any atom is -0.309 e. The molecule has 18 aromatic carbocycles. The molecule has 4 heteroatoms. The second kappa shape index (κ2) is 23.0. The summed E-state index contributed by atoms with van der Waals surface area (Å²) in [5.41, 5.74) is 12.0. The average Bonchev–Trinajstić information content (AvgIpc) is 0.926. The summed E-state index contributed by atoms with van der Waals surface area (Å²) in [5, 5.41) is 16.0. The minimum atomic E-state index is -0.693. The van der Waals surface area contributed by atoms with E-state index in [2.05, 4.69) is 161 Å². The molecule has 22 rings (SSSR count). The van der Waals surface area contributed by atoms with E-state index < -0.39 is 77.6 Å². The number of benzene rings is 18. The van der Waals surface area contributed by atoms with Gasteiger partial charge in [-0.3, -0.25) is 0 Å². The van der Waals surface area contributed by atoms with Crippen molar-refractivity contribution >= 4 is 141 Å². The van der Waals surface area contributed by atoms with Crippen molar-refractivity contribution in [1.29, 1.82) is 0 Å². The highest BCUT2D eigenvalue weighted by Gasteiger charge is 2.23. The van der Waals surface area contributed by atoms with Crippen molar-refractivity contribution < 1.29 is 21.9 Å². The number of nitrogens with zero attached hydrogens (tertiary/aromatic N) is 4. The normalized spacial score (nSPS) is 14.1. The van der Waals surface area contributed by atoms with Crippen LogP contribution in [0.1, 0.15) is 21.9 Å². The first-order chi connectivity index (χ1) is 57.2. The molecule has 0 unspecified atom stereocenters. The highest BCUT2D eigenvalue weighted by Crippen LogP contribution is 2.46. The molecule has 0 fully saturated rings. The molecule has 0 saturated carbocycles. The molecule has 0 atom stereocenters. The smallest absolute Gasteiger partial charge is 0.0645 e. The van der Waals surface area contributed by atoms with Gasteiger partial charge in [-0.05, 0) is 184 Å². The largest absolute Gasteiger partial charge is 0.309 e. The Bertz CT molecular complexity index is 8170. The Hall–Kier alpha value is -13.5. The molecule has 0 N–H and O–H groups in total. The SMILES string of the molecule is [2H]c1cc(-n2c3ccccc3c3cc4c5c6ccccc6ccc5n(-c5cccc(-c6cccc7ccccc67)c5)c4cc32)ccc1-c1c([2H])ccc2ccccc12.[2H]c1cc([2H])c(-n2c3cc4c(cc3c3c5ccccc5ccc32)c2ccccc2n4-c2c([2H])c([2H])c(-c3c([2H])c([2H])c([2H])c4c([2H])c([2H])c([2H])c([2H])c34)c([2H])c2[2H])c([2H])c1. The Morgan fingerprint density at radius 1 is 0.176 bits per heavy atom. The van der Waals surface area contributed by atoms with Crippen molar-refractivity contribution in [2.75, 3.05) is 0 Å². The van der Waals surface area contributed by atoms with Gasteiger partial charge in [0, 0.05) is 65.8 Å². The number of aromatic nitrogens is 4. The summed E-state index contributed by atoms with van der Waals surface area (Å²) < 4.78 is 150. The van der Waals surface area contributed by atoms with Gasteiger partial charge < -0.3 is 18.3 Å².